The highest BCUT2D eigenvalue weighted by Crippen LogP contribution is 2.25. The molecule has 3 rings (SSSR count). The van der Waals surface area contributed by atoms with E-state index in [1.165, 1.54) is 4.90 Å². The highest BCUT2D eigenvalue weighted by atomic mass is 32.2. The summed E-state index contributed by atoms with van der Waals surface area (Å²) in [5.41, 5.74) is 2.03. The van der Waals surface area contributed by atoms with Crippen LogP contribution in [-0.2, 0) is 6.54 Å². The molecular formula is C19H27N3O2S. The fourth-order valence-corrected chi connectivity index (χ4v) is 3.67. The number of aliphatic hydroxyl groups excluding tert-OH is 1. The Morgan fingerprint density at radius 2 is 2.04 bits per heavy atom. The Balaban J connectivity index is 1.70. The molecule has 2 aromatic rings. The van der Waals surface area contributed by atoms with Crippen LogP contribution < -0.4 is 0 Å². The number of aromatic nitrogens is 1. The van der Waals surface area contributed by atoms with E-state index in [4.69, 9.17) is 9.40 Å². The lowest BCUT2D eigenvalue weighted by Gasteiger charge is -2.39. The largest absolute Gasteiger partial charge is 0.441 e. The summed E-state index contributed by atoms with van der Waals surface area (Å²) in [6.07, 6.45) is 2.89. The topological polar surface area (TPSA) is 52.7 Å². The van der Waals surface area contributed by atoms with Gasteiger partial charge in [0.1, 0.15) is 5.76 Å². The number of hydrogen-bond donors (Lipinski definition) is 1. The predicted molar refractivity (Wildman–Crippen MR) is 102 cm³/mol. The number of hydrogen-bond acceptors (Lipinski definition) is 6. The maximum atomic E-state index is 9.25. The molecule has 1 aromatic heterocycles. The van der Waals surface area contributed by atoms with Gasteiger partial charge in [-0.1, -0.05) is 0 Å². The molecule has 6 heteroatoms. The van der Waals surface area contributed by atoms with Crippen LogP contribution in [0.4, 0.5) is 0 Å². The number of piperazine rings is 1. The number of aryl methyl sites for hydroxylation is 1. The lowest BCUT2D eigenvalue weighted by molar-refractivity contribution is 0.0734. The molecule has 5 nitrogen and oxygen atoms in total. The van der Waals surface area contributed by atoms with Gasteiger partial charge < -0.3 is 14.4 Å². The summed E-state index contributed by atoms with van der Waals surface area (Å²) < 4.78 is 5.92. The molecule has 0 amide bonds. The van der Waals surface area contributed by atoms with E-state index in [2.05, 4.69) is 47.4 Å². The molecule has 0 aliphatic carbocycles. The molecule has 1 fully saturated rings. The average molecular weight is 362 g/mol. The van der Waals surface area contributed by atoms with E-state index >= 15 is 0 Å². The number of aliphatic hydroxyl groups is 1. The monoisotopic (exact) mass is 361 g/mol. The van der Waals surface area contributed by atoms with Crippen LogP contribution in [0.1, 0.15) is 17.9 Å². The second-order valence-corrected chi connectivity index (χ2v) is 7.51. The van der Waals surface area contributed by atoms with E-state index < -0.39 is 0 Å². The summed E-state index contributed by atoms with van der Waals surface area (Å²) in [6.45, 7) is 6.02. The third-order valence-corrected chi connectivity index (χ3v) is 5.67. The van der Waals surface area contributed by atoms with E-state index in [1.54, 1.807) is 11.8 Å². The molecule has 1 atom stereocenters. The molecule has 0 spiro atoms. The van der Waals surface area contributed by atoms with Gasteiger partial charge in [-0.05, 0) is 50.9 Å². The smallest absolute Gasteiger partial charge is 0.226 e. The molecule has 0 saturated carbocycles. The van der Waals surface area contributed by atoms with E-state index in [0.29, 0.717) is 11.9 Å². The van der Waals surface area contributed by atoms with E-state index in [0.717, 1.165) is 49.6 Å². The molecule has 1 aliphatic heterocycles. The zero-order chi connectivity index (χ0) is 17.8. The first-order valence-electron chi connectivity index (χ1n) is 8.75. The highest BCUT2D eigenvalue weighted by molar-refractivity contribution is 7.98. The Labute approximate surface area is 154 Å². The van der Waals surface area contributed by atoms with Gasteiger partial charge in [0.05, 0.1) is 5.69 Å². The van der Waals surface area contributed by atoms with Crippen LogP contribution in [0.2, 0.25) is 0 Å². The van der Waals surface area contributed by atoms with Gasteiger partial charge in [0.2, 0.25) is 5.89 Å². The van der Waals surface area contributed by atoms with E-state index in [-0.39, 0.29) is 6.61 Å². The highest BCUT2D eigenvalue weighted by Gasteiger charge is 2.25. The molecule has 0 radical (unpaired) electrons. The van der Waals surface area contributed by atoms with Crippen molar-refractivity contribution in [1.82, 2.24) is 14.8 Å². The van der Waals surface area contributed by atoms with Crippen LogP contribution in [0.15, 0.2) is 33.6 Å². The van der Waals surface area contributed by atoms with Gasteiger partial charge in [0.15, 0.2) is 0 Å². The van der Waals surface area contributed by atoms with Crippen LogP contribution in [0.3, 0.4) is 0 Å². The molecule has 136 valence electrons. The molecule has 2 heterocycles. The van der Waals surface area contributed by atoms with Crippen molar-refractivity contribution in [2.45, 2.75) is 30.8 Å². The Bertz CT molecular complexity index is 686. The van der Waals surface area contributed by atoms with Crippen molar-refractivity contribution >= 4 is 11.8 Å². The van der Waals surface area contributed by atoms with Crippen molar-refractivity contribution in [2.24, 2.45) is 0 Å². The van der Waals surface area contributed by atoms with Crippen molar-refractivity contribution in [2.75, 3.05) is 39.5 Å². The zero-order valence-corrected chi connectivity index (χ0v) is 16.1. The quantitative estimate of drug-likeness (QED) is 0.799. The fraction of sp³-hybridized carbons (Fsp3) is 0.526. The second-order valence-electron chi connectivity index (χ2n) is 6.63. The summed E-state index contributed by atoms with van der Waals surface area (Å²) in [6, 6.07) is 8.73. The summed E-state index contributed by atoms with van der Waals surface area (Å²) in [5, 5.41) is 9.25. The Morgan fingerprint density at radius 3 is 2.72 bits per heavy atom. The molecule has 0 unspecified atom stereocenters. The van der Waals surface area contributed by atoms with E-state index in [1.807, 2.05) is 6.92 Å². The third-order valence-electron chi connectivity index (χ3n) is 4.93. The summed E-state index contributed by atoms with van der Waals surface area (Å²) in [7, 11) is 2.13. The van der Waals surface area contributed by atoms with Gasteiger partial charge >= 0.3 is 0 Å². The summed E-state index contributed by atoms with van der Waals surface area (Å²) in [5.74, 6) is 1.59. The first-order chi connectivity index (χ1) is 12.1. The molecule has 0 bridgehead atoms. The summed E-state index contributed by atoms with van der Waals surface area (Å²) >= 11 is 1.73. The lowest BCUT2D eigenvalue weighted by Crippen LogP contribution is -2.51. The summed E-state index contributed by atoms with van der Waals surface area (Å²) in [4.78, 5) is 10.7. The van der Waals surface area contributed by atoms with Crippen LogP contribution in [0, 0.1) is 6.92 Å². The van der Waals surface area contributed by atoms with Gasteiger partial charge in [0.25, 0.3) is 0 Å². The maximum absolute atomic E-state index is 9.25. The SMILES string of the molecule is CSc1ccc(-c2nc(CN3CCN(C)[C@@H](CCO)C3)c(C)o2)cc1. The van der Waals surface area contributed by atoms with Crippen molar-refractivity contribution < 1.29 is 9.52 Å². The minimum atomic E-state index is 0.238. The van der Waals surface area contributed by atoms with Crippen molar-refractivity contribution in [1.29, 1.82) is 0 Å². The van der Waals surface area contributed by atoms with Gasteiger partial charge in [-0.15, -0.1) is 11.8 Å². The van der Waals surface area contributed by atoms with E-state index in [9.17, 15) is 5.11 Å². The predicted octanol–water partition coefficient (Wildman–Crippen LogP) is 2.87. The molecule has 1 aliphatic rings. The van der Waals surface area contributed by atoms with Crippen molar-refractivity contribution in [3.63, 3.8) is 0 Å². The van der Waals surface area contributed by atoms with Crippen LogP contribution in [-0.4, -0.2) is 65.5 Å². The number of thioether (sulfide) groups is 1. The number of oxazole rings is 1. The Hall–Kier alpha value is -1.34. The van der Waals surface area contributed by atoms with Crippen LogP contribution in [0.5, 0.6) is 0 Å². The Morgan fingerprint density at radius 1 is 1.28 bits per heavy atom. The van der Waals surface area contributed by atoms with Gasteiger partial charge in [0, 0.05) is 49.3 Å². The van der Waals surface area contributed by atoms with Gasteiger partial charge in [-0.25, -0.2) is 4.98 Å². The number of benzene rings is 1. The second kappa shape index (κ2) is 8.36. The average Bonchev–Trinajstić information content (AvgIpc) is 2.99. The molecule has 1 aromatic carbocycles. The Kier molecular flexibility index (Phi) is 6.17. The first kappa shape index (κ1) is 18.5. The lowest BCUT2D eigenvalue weighted by atomic mass is 10.1. The number of rotatable bonds is 6. The minimum Gasteiger partial charge on any atom is -0.441 e. The minimum absolute atomic E-state index is 0.238. The van der Waals surface area contributed by atoms with Gasteiger partial charge in [-0.3, -0.25) is 4.90 Å². The molecule has 25 heavy (non-hydrogen) atoms. The molecule has 1 N–H and O–H groups in total. The number of nitrogens with zero attached hydrogens (tertiary/aromatic N) is 3. The first-order valence-corrected chi connectivity index (χ1v) is 9.97. The van der Waals surface area contributed by atoms with Gasteiger partial charge in [-0.2, -0.15) is 0 Å². The zero-order valence-electron chi connectivity index (χ0n) is 15.2. The standard InChI is InChI=1S/C19H27N3O2S/c1-14-18(13-22-10-9-21(2)16(12-22)8-11-23)20-19(24-14)15-4-6-17(25-3)7-5-15/h4-7,16,23H,8-13H2,1-3H3/t16-/m0/s1. The van der Waals surface area contributed by atoms with Crippen LogP contribution >= 0.6 is 11.8 Å². The fourth-order valence-electron chi connectivity index (χ4n) is 3.26. The third kappa shape index (κ3) is 4.44. The van der Waals surface area contributed by atoms with Crippen LogP contribution in [0.25, 0.3) is 11.5 Å². The number of likely N-dealkylation sites (N-methyl/N-ethyl adjacent to an activating group) is 1. The molecule has 1 saturated heterocycles. The maximum Gasteiger partial charge on any atom is 0.226 e. The van der Waals surface area contributed by atoms with Crippen molar-refractivity contribution in [3.8, 4) is 11.5 Å². The molecular weight excluding hydrogens is 334 g/mol. The normalized spacial score (nSPS) is 19.4. The van der Waals surface area contributed by atoms with Crippen molar-refractivity contribution in [3.05, 3.63) is 35.7 Å².